The minimum atomic E-state index is -4.11. The molecule has 0 aromatic heterocycles. The Hall–Kier alpha value is -9.04. The third-order valence-electron chi connectivity index (χ3n) is 10.2. The smallest absolute Gasteiger partial charge is 0.460 e. The van der Waals surface area contributed by atoms with Gasteiger partial charge in [0.05, 0.1) is 79.3 Å². The number of phosphoric acid groups is 4. The second-order valence-electron chi connectivity index (χ2n) is 19.8. The second-order valence-corrected chi connectivity index (χ2v) is 26.4. The van der Waals surface area contributed by atoms with Crippen molar-refractivity contribution in [3.63, 3.8) is 0 Å². The van der Waals surface area contributed by atoms with E-state index in [-0.39, 0.29) is 192 Å². The molecule has 44 heteroatoms. The molecule has 0 aromatic carbocycles. The number of rotatable bonds is 60. The fourth-order valence-corrected chi connectivity index (χ4v) is 9.61. The minimum Gasteiger partial charge on any atom is -0.460 e. The van der Waals surface area contributed by atoms with Crippen LogP contribution in [0.3, 0.4) is 0 Å². The number of hydrogen-bond donors (Lipinski definition) is 2. The van der Waals surface area contributed by atoms with Gasteiger partial charge in [0.1, 0.15) is 66.1 Å². The zero-order chi connectivity index (χ0) is 84.6. The van der Waals surface area contributed by atoms with Gasteiger partial charge in [0.25, 0.3) is 0 Å². The van der Waals surface area contributed by atoms with E-state index < -0.39 is 96.9 Å². The van der Waals surface area contributed by atoms with Gasteiger partial charge in [0.15, 0.2) is 0 Å². The van der Waals surface area contributed by atoms with Crippen LogP contribution in [0.15, 0.2) is 149 Å². The Balaban J connectivity index is -0.000000682. The molecule has 0 bridgehead atoms. The topological polar surface area (TPSA) is 500 Å². The van der Waals surface area contributed by atoms with E-state index in [2.05, 4.69) is 113 Å². The van der Waals surface area contributed by atoms with E-state index in [0.717, 1.165) is 36.5 Å². The minimum absolute atomic E-state index is 0.0255. The molecule has 0 aliphatic carbocycles. The molecule has 40 nitrogen and oxygen atoms in total. The largest absolute Gasteiger partial charge is 0.475 e. The van der Waals surface area contributed by atoms with Crippen LogP contribution < -0.4 is 10.6 Å². The van der Waals surface area contributed by atoms with Crippen molar-refractivity contribution >= 4 is 103 Å². The number of ether oxygens (including phenoxy) is 10. The molecule has 0 heterocycles. The van der Waals surface area contributed by atoms with Crippen molar-refractivity contribution in [2.45, 2.75) is 41.5 Å². The zero-order valence-corrected chi connectivity index (χ0v) is 65.8. The first-order chi connectivity index (χ1) is 51.7. The maximum absolute atomic E-state index is 12.6. The third kappa shape index (κ3) is 62.8. The number of hydrogen-bond acceptors (Lipinski definition) is 38. The van der Waals surface area contributed by atoms with Crippen LogP contribution in [0.2, 0.25) is 0 Å². The van der Waals surface area contributed by atoms with Crippen LogP contribution in [-0.2, 0) is 177 Å². The first-order valence-corrected chi connectivity index (χ1v) is 37.6. The van der Waals surface area contributed by atoms with Crippen LogP contribution in [-0.4, -0.2) is 230 Å². The Kier molecular flexibility index (Phi) is 63.2. The van der Waals surface area contributed by atoms with Crippen molar-refractivity contribution in [2.75, 3.05) is 158 Å². The molecule has 2 amide bonds. The summed E-state index contributed by atoms with van der Waals surface area (Å²) in [6.07, 6.45) is 5.84. The first kappa shape index (κ1) is 107. The summed E-state index contributed by atoms with van der Waals surface area (Å²) in [5, 5.41) is 4.90. The molecular weight excluding hydrogens is 1550 g/mol. The van der Waals surface area contributed by atoms with Crippen molar-refractivity contribution in [1.82, 2.24) is 10.6 Å². The van der Waals surface area contributed by atoms with Gasteiger partial charge in [-0.25, -0.2) is 66.2 Å². The van der Waals surface area contributed by atoms with Crippen molar-refractivity contribution in [3.8, 4) is 0 Å². The summed E-state index contributed by atoms with van der Waals surface area (Å²) in [5.74, 6) is -7.37. The van der Waals surface area contributed by atoms with E-state index in [0.29, 0.717) is 5.57 Å². The predicted octanol–water partition coefficient (Wildman–Crippen LogP) is 6.81. The lowest BCUT2D eigenvalue weighted by molar-refractivity contribution is -0.141. The monoisotopic (exact) mass is 1650 g/mol. The van der Waals surface area contributed by atoms with Crippen molar-refractivity contribution < 1.29 is 177 Å². The molecule has 0 fully saturated rings. The highest BCUT2D eigenvalue weighted by Gasteiger charge is 2.31. The Morgan fingerprint density at radius 1 is 0.236 bits per heavy atom. The summed E-state index contributed by atoms with van der Waals surface area (Å²) in [5.41, 5.74) is 1.29. The van der Waals surface area contributed by atoms with Gasteiger partial charge in [0, 0.05) is 76.9 Å². The molecule has 110 heavy (non-hydrogen) atoms. The zero-order valence-electron chi connectivity index (χ0n) is 62.2. The molecule has 2 N–H and O–H groups in total. The van der Waals surface area contributed by atoms with E-state index in [1.165, 1.54) is 41.5 Å². The number of amides is 2. The van der Waals surface area contributed by atoms with Gasteiger partial charge in [-0.2, -0.15) is 0 Å². The molecule has 0 aliphatic heterocycles. The molecule has 0 saturated carbocycles. The van der Waals surface area contributed by atoms with Gasteiger partial charge in [0.2, 0.25) is 11.8 Å². The summed E-state index contributed by atoms with van der Waals surface area (Å²) in [4.78, 5) is 134. The van der Waals surface area contributed by atoms with Gasteiger partial charge in [-0.15, -0.1) is 0 Å². The van der Waals surface area contributed by atoms with Crippen LogP contribution >= 0.6 is 31.3 Å². The maximum Gasteiger partial charge on any atom is 0.475 e. The molecule has 0 unspecified atom stereocenters. The van der Waals surface area contributed by atoms with Crippen LogP contribution in [0, 0.1) is 0 Å². The average molecular weight is 1650 g/mol. The second kappa shape index (κ2) is 64.7. The maximum atomic E-state index is 12.6. The van der Waals surface area contributed by atoms with Crippen LogP contribution in [0.1, 0.15) is 41.5 Å². The highest BCUT2D eigenvalue weighted by atomic mass is 31.2. The number of esters is 10. The fraction of sp³-hybridized carbons (Fsp3) is 0.455. The number of phosphoric ester groups is 4. The van der Waals surface area contributed by atoms with Crippen molar-refractivity contribution in [2.24, 2.45) is 0 Å². The van der Waals surface area contributed by atoms with E-state index in [1.807, 2.05) is 0 Å². The van der Waals surface area contributed by atoms with Gasteiger partial charge in [-0.1, -0.05) is 78.9 Å². The summed E-state index contributed by atoms with van der Waals surface area (Å²) < 4.78 is 158. The first-order valence-electron chi connectivity index (χ1n) is 31.8. The fourth-order valence-electron chi connectivity index (χ4n) is 5.11. The van der Waals surface area contributed by atoms with Crippen molar-refractivity contribution in [3.05, 3.63) is 149 Å². The van der Waals surface area contributed by atoms with E-state index >= 15 is 0 Å². The number of carbonyl (C=O) groups is 12. The molecule has 0 atom stereocenters. The van der Waals surface area contributed by atoms with Crippen molar-refractivity contribution in [1.29, 1.82) is 0 Å². The number of nitrogens with one attached hydrogen (secondary N) is 2. The summed E-state index contributed by atoms with van der Waals surface area (Å²) >= 11 is 0. The summed E-state index contributed by atoms with van der Waals surface area (Å²) in [6.45, 7) is 43.5. The van der Waals surface area contributed by atoms with Gasteiger partial charge in [-0.05, 0) is 47.6 Å². The average Bonchev–Trinajstić information content (AvgIpc) is 0.912. The summed E-state index contributed by atoms with van der Waals surface area (Å²) in [7, 11) is -16.3. The quantitative estimate of drug-likeness (QED) is 0.0207. The predicted molar refractivity (Wildman–Crippen MR) is 388 cm³/mol. The van der Waals surface area contributed by atoms with Gasteiger partial charge in [-0.3, -0.25) is 63.9 Å². The van der Waals surface area contributed by atoms with Crippen LogP contribution in [0.5, 0.6) is 0 Å². The Morgan fingerprint density at radius 3 is 0.555 bits per heavy atom. The lowest BCUT2D eigenvalue weighted by Crippen LogP contribution is -2.27. The third-order valence-corrected chi connectivity index (χ3v) is 16.1. The lowest BCUT2D eigenvalue weighted by Gasteiger charge is -2.18. The molecule has 0 aromatic rings. The van der Waals surface area contributed by atoms with E-state index in [4.69, 9.17) is 78.0 Å². The van der Waals surface area contributed by atoms with E-state index in [1.54, 1.807) is 0 Å². The van der Waals surface area contributed by atoms with Crippen LogP contribution in [0.25, 0.3) is 0 Å². The van der Waals surface area contributed by atoms with Crippen LogP contribution in [0.4, 0.5) is 0 Å². The molecule has 0 spiro atoms. The summed E-state index contributed by atoms with van der Waals surface area (Å²) in [6, 6.07) is 0. The number of carbonyl (C=O) groups excluding carboxylic acids is 12. The molecular formula is C66H98N2O38P4. The van der Waals surface area contributed by atoms with Gasteiger partial charge >= 0.3 is 91.0 Å². The van der Waals surface area contributed by atoms with E-state index in [9.17, 15) is 75.8 Å². The molecule has 0 radical (unpaired) electrons. The highest BCUT2D eigenvalue weighted by molar-refractivity contribution is 7.49. The lowest BCUT2D eigenvalue weighted by atomic mass is 10.3. The van der Waals surface area contributed by atoms with Gasteiger partial charge < -0.3 is 58.0 Å². The molecule has 620 valence electrons. The molecule has 0 rings (SSSR count). The Morgan fingerprint density at radius 2 is 0.400 bits per heavy atom. The normalized spacial score (nSPS) is 10.6. The SMILES string of the molecule is C=C(C)C(=O)NCCOP(=O)(OCCOC(=O)C(=C)C)OCCOC(=O)C(=C)C.C=C(C)C(=O)OCCOP(=O)(OCCOC(=O)C(=C)C)OCCOC(=O)C(=C)C.C=CC(=O)NCCOP(=O)(OCCOC(=O)C=C)OCCOC(=O)C=C.C=CC(=O)OCCOP(=O)(OCCOC(=O)C=C)OCCOC(=O)C=C. The Bertz CT molecular complexity index is 2800. The molecule has 0 saturated heterocycles. The molecule has 0 aliphatic rings. The standard InChI is InChI=1S/C18H28NO9P.C18H27O10P.C15H22NO9P.C15H21O10P/c1-13(2)16(20)19-7-8-26-29(23,27-11-9-24-17(21)14(3)4)28-12-10-25-18(22)15(5)6;1-13(2)16(19)23-7-10-26-29(22,27-11-8-24-17(20)14(3)4)28-12-9-25-18(21)15(5)6;1-4-13(17)16-7-8-23-26(20,24-11-9-21-14(18)5-2)25-12-10-22-15(19)6-3;1-4-13(16)20-7-10-23-26(19,24-11-8-21-14(17)5-2)25-12-9-22-15(18)6-3/h1,3,5,7-12H2,2,4,6H3,(H,19,20);1,3,5,7-12H2,2,4,6H3;4-6H,1-3,7-12H2,(H,16,17);4-6H,1-3,7-12H2. The Labute approximate surface area is 637 Å². The highest BCUT2D eigenvalue weighted by Crippen LogP contribution is 2.51.